The lowest BCUT2D eigenvalue weighted by Gasteiger charge is -2.20. The summed E-state index contributed by atoms with van der Waals surface area (Å²) in [5.74, 6) is 0.507. The zero-order valence-corrected chi connectivity index (χ0v) is 11.2. The zero-order chi connectivity index (χ0) is 12.8. The van der Waals surface area contributed by atoms with Crippen molar-refractivity contribution in [3.8, 4) is 0 Å². The van der Waals surface area contributed by atoms with Gasteiger partial charge in [-0.3, -0.25) is 10.1 Å². The fourth-order valence-corrected chi connectivity index (χ4v) is 1.98. The molecule has 0 bridgehead atoms. The second-order valence-corrected chi connectivity index (χ2v) is 4.70. The number of nitrogens with zero attached hydrogens (tertiary/aromatic N) is 1. The zero-order valence-electron chi connectivity index (χ0n) is 11.2. The molecule has 2 atom stereocenters. The Balaban J connectivity index is 2.31. The van der Waals surface area contributed by atoms with Gasteiger partial charge in [0.15, 0.2) is 0 Å². The van der Waals surface area contributed by atoms with E-state index in [0.29, 0.717) is 32.3 Å². The van der Waals surface area contributed by atoms with Crippen LogP contribution in [-0.4, -0.2) is 56.5 Å². The first-order chi connectivity index (χ1) is 8.07. The highest BCUT2D eigenvalue weighted by molar-refractivity contribution is 5.84. The van der Waals surface area contributed by atoms with E-state index in [1.807, 2.05) is 11.8 Å². The van der Waals surface area contributed by atoms with Crippen LogP contribution in [0.4, 0.5) is 0 Å². The van der Waals surface area contributed by atoms with Gasteiger partial charge in [0.25, 0.3) is 0 Å². The van der Waals surface area contributed by atoms with Gasteiger partial charge in [-0.05, 0) is 12.8 Å². The van der Waals surface area contributed by atoms with Crippen molar-refractivity contribution < 1.29 is 14.3 Å². The van der Waals surface area contributed by atoms with Gasteiger partial charge in [-0.2, -0.15) is 0 Å². The number of ether oxygens (including phenoxy) is 2. The van der Waals surface area contributed by atoms with E-state index in [0.717, 1.165) is 0 Å². The average Bonchev–Trinajstić information content (AvgIpc) is 2.56. The Kier molecular flexibility index (Phi) is 5.88. The van der Waals surface area contributed by atoms with Crippen molar-refractivity contribution in [2.24, 2.45) is 5.92 Å². The molecule has 100 valence electrons. The van der Waals surface area contributed by atoms with Gasteiger partial charge < -0.3 is 14.4 Å². The Morgan fingerprint density at radius 2 is 2.06 bits per heavy atom. The van der Waals surface area contributed by atoms with Gasteiger partial charge in [-0.15, -0.1) is 0 Å². The van der Waals surface area contributed by atoms with Gasteiger partial charge in [0.2, 0.25) is 5.91 Å². The highest BCUT2D eigenvalue weighted by Gasteiger charge is 2.37. The Morgan fingerprint density at radius 3 is 2.59 bits per heavy atom. The molecule has 0 aliphatic carbocycles. The molecule has 0 aromatic carbocycles. The lowest BCUT2D eigenvalue weighted by atomic mass is 10.1. The summed E-state index contributed by atoms with van der Waals surface area (Å²) in [4.78, 5) is 13.9. The molecular weight excluding hydrogens is 220 g/mol. The number of hydrogen-bond acceptors (Lipinski definition) is 4. The number of carbonyl (C=O) groups is 1. The molecule has 0 aromatic heterocycles. The van der Waals surface area contributed by atoms with E-state index in [-0.39, 0.29) is 18.1 Å². The maximum absolute atomic E-state index is 12.1. The first-order valence-electron chi connectivity index (χ1n) is 6.21. The van der Waals surface area contributed by atoms with Crippen molar-refractivity contribution in [1.29, 1.82) is 0 Å². The summed E-state index contributed by atoms with van der Waals surface area (Å²) in [6.07, 6.45) is 0.0981. The standard InChI is InChI=1S/C12H24N2O3/c1-9(2)11-12(15)14(10(3)13-11)5-6-17-8-7-16-4/h9-11,13H,5-8H2,1-4H3. The molecule has 0 aromatic rings. The third-order valence-electron chi connectivity index (χ3n) is 3.01. The molecule has 2 unspecified atom stereocenters. The highest BCUT2D eigenvalue weighted by Crippen LogP contribution is 2.16. The summed E-state index contributed by atoms with van der Waals surface area (Å²) in [7, 11) is 1.65. The molecule has 1 rings (SSSR count). The average molecular weight is 244 g/mol. The smallest absolute Gasteiger partial charge is 0.241 e. The summed E-state index contributed by atoms with van der Waals surface area (Å²) in [6, 6.07) is -0.0519. The van der Waals surface area contributed by atoms with Crippen LogP contribution < -0.4 is 5.32 Å². The van der Waals surface area contributed by atoms with Crippen LogP contribution in [0, 0.1) is 5.92 Å². The van der Waals surface area contributed by atoms with Gasteiger partial charge in [0, 0.05) is 13.7 Å². The van der Waals surface area contributed by atoms with E-state index in [1.54, 1.807) is 7.11 Å². The second kappa shape index (κ2) is 6.93. The van der Waals surface area contributed by atoms with Crippen molar-refractivity contribution in [3.63, 3.8) is 0 Å². The molecule has 0 saturated carbocycles. The summed E-state index contributed by atoms with van der Waals surface area (Å²) < 4.78 is 10.3. The quantitative estimate of drug-likeness (QED) is 0.661. The minimum absolute atomic E-state index is 0.0519. The van der Waals surface area contributed by atoms with Crippen LogP contribution in [0.15, 0.2) is 0 Å². The van der Waals surface area contributed by atoms with E-state index >= 15 is 0 Å². The molecule has 1 saturated heterocycles. The number of hydrogen-bond donors (Lipinski definition) is 1. The second-order valence-electron chi connectivity index (χ2n) is 4.70. The molecule has 1 amide bonds. The molecule has 0 radical (unpaired) electrons. The monoisotopic (exact) mass is 244 g/mol. The maximum Gasteiger partial charge on any atom is 0.241 e. The normalized spacial score (nSPS) is 25.0. The van der Waals surface area contributed by atoms with Crippen molar-refractivity contribution in [3.05, 3.63) is 0 Å². The van der Waals surface area contributed by atoms with E-state index in [9.17, 15) is 4.79 Å². The first-order valence-corrected chi connectivity index (χ1v) is 6.21. The summed E-state index contributed by atoms with van der Waals surface area (Å²) in [5, 5.41) is 3.30. The number of rotatable bonds is 7. The van der Waals surface area contributed by atoms with Crippen LogP contribution in [0.5, 0.6) is 0 Å². The number of carbonyl (C=O) groups excluding carboxylic acids is 1. The fourth-order valence-electron chi connectivity index (χ4n) is 1.98. The van der Waals surface area contributed by atoms with Crippen LogP contribution in [0.3, 0.4) is 0 Å². The van der Waals surface area contributed by atoms with Crippen LogP contribution in [0.2, 0.25) is 0 Å². The lowest BCUT2D eigenvalue weighted by molar-refractivity contribution is -0.131. The van der Waals surface area contributed by atoms with Crippen molar-refractivity contribution in [2.45, 2.75) is 33.0 Å². The van der Waals surface area contributed by atoms with E-state index in [2.05, 4.69) is 19.2 Å². The fraction of sp³-hybridized carbons (Fsp3) is 0.917. The predicted molar refractivity (Wildman–Crippen MR) is 65.6 cm³/mol. The molecule has 1 N–H and O–H groups in total. The molecule has 0 spiro atoms. The number of amides is 1. The van der Waals surface area contributed by atoms with Gasteiger partial charge in [0.1, 0.15) is 0 Å². The summed E-state index contributed by atoms with van der Waals surface area (Å²) in [6.45, 7) is 8.49. The number of nitrogens with one attached hydrogen (secondary N) is 1. The molecule has 1 aliphatic rings. The predicted octanol–water partition coefficient (Wildman–Crippen LogP) is 0.452. The van der Waals surface area contributed by atoms with Crippen molar-refractivity contribution >= 4 is 5.91 Å². The lowest BCUT2D eigenvalue weighted by Crippen LogP contribution is -2.37. The minimum atomic E-state index is -0.0519. The van der Waals surface area contributed by atoms with Crippen molar-refractivity contribution in [2.75, 3.05) is 33.5 Å². The molecule has 1 fully saturated rings. The van der Waals surface area contributed by atoms with Gasteiger partial charge in [-0.25, -0.2) is 0 Å². The SMILES string of the molecule is COCCOCCN1C(=O)C(C(C)C)NC1C. The highest BCUT2D eigenvalue weighted by atomic mass is 16.5. The van der Waals surface area contributed by atoms with E-state index in [1.165, 1.54) is 0 Å². The Hall–Kier alpha value is -0.650. The minimum Gasteiger partial charge on any atom is -0.382 e. The van der Waals surface area contributed by atoms with Crippen LogP contribution in [-0.2, 0) is 14.3 Å². The molecule has 5 heteroatoms. The van der Waals surface area contributed by atoms with Crippen LogP contribution in [0.1, 0.15) is 20.8 Å². The Morgan fingerprint density at radius 1 is 1.35 bits per heavy atom. The number of methoxy groups -OCH3 is 1. The van der Waals surface area contributed by atoms with E-state index in [4.69, 9.17) is 9.47 Å². The third-order valence-corrected chi connectivity index (χ3v) is 3.01. The summed E-state index contributed by atoms with van der Waals surface area (Å²) >= 11 is 0. The Labute approximate surface area is 103 Å². The van der Waals surface area contributed by atoms with Gasteiger partial charge in [-0.1, -0.05) is 13.8 Å². The third kappa shape index (κ3) is 3.94. The molecule has 1 aliphatic heterocycles. The van der Waals surface area contributed by atoms with Gasteiger partial charge in [0.05, 0.1) is 32.0 Å². The van der Waals surface area contributed by atoms with Crippen LogP contribution in [0.25, 0.3) is 0 Å². The summed E-state index contributed by atoms with van der Waals surface area (Å²) in [5.41, 5.74) is 0. The van der Waals surface area contributed by atoms with Crippen LogP contribution >= 0.6 is 0 Å². The molecule has 17 heavy (non-hydrogen) atoms. The maximum atomic E-state index is 12.1. The molecule has 5 nitrogen and oxygen atoms in total. The van der Waals surface area contributed by atoms with Gasteiger partial charge >= 0.3 is 0 Å². The largest absolute Gasteiger partial charge is 0.382 e. The van der Waals surface area contributed by atoms with Crippen molar-refractivity contribution in [1.82, 2.24) is 10.2 Å². The first kappa shape index (κ1) is 14.4. The molecule has 1 heterocycles. The topological polar surface area (TPSA) is 50.8 Å². The Bertz CT molecular complexity index is 246. The van der Waals surface area contributed by atoms with E-state index < -0.39 is 0 Å². The molecular formula is C12H24N2O3.